The summed E-state index contributed by atoms with van der Waals surface area (Å²) in [6.45, 7) is 0. The normalized spacial score (nSPS) is 14.7. The zero-order valence-electron chi connectivity index (χ0n) is 3.01. The monoisotopic (exact) mass is 80.0 g/mol. The van der Waals surface area contributed by atoms with Gasteiger partial charge in [0.2, 0.25) is 6.26 Å². The smallest absolute Gasteiger partial charge is 0.240 e. The Balaban J connectivity index is 2.78. The standard InChI is InChI=1S/C4H2NO/c1-3-6-4-2-5-1/h1,3H. The first-order chi connectivity index (χ1) is 3.00. The zero-order valence-corrected chi connectivity index (χ0v) is 3.01. The number of nitrogens with zero attached hydrogens (tertiary/aromatic N) is 1. The number of hydrogen-bond donors (Lipinski definition) is 0. The van der Waals surface area contributed by atoms with Gasteiger partial charge in [-0.25, -0.2) is 4.99 Å². The van der Waals surface area contributed by atoms with Crippen molar-refractivity contribution in [2.75, 3.05) is 0 Å². The molecule has 0 amide bonds. The van der Waals surface area contributed by atoms with Gasteiger partial charge in [0.1, 0.15) is 6.26 Å². The van der Waals surface area contributed by atoms with Crippen LogP contribution in [0.15, 0.2) is 17.5 Å². The molecule has 1 rings (SSSR count). The van der Waals surface area contributed by atoms with E-state index in [0.717, 1.165) is 0 Å². The lowest BCUT2D eigenvalue weighted by Crippen LogP contribution is -1.70. The molecule has 1 aliphatic heterocycles. The number of rotatable bonds is 0. The van der Waals surface area contributed by atoms with Gasteiger partial charge in [-0.05, 0) is 0 Å². The topological polar surface area (TPSA) is 21.6 Å². The van der Waals surface area contributed by atoms with Gasteiger partial charge in [-0.2, -0.15) is 0 Å². The molecule has 0 aliphatic carbocycles. The molecule has 0 spiro atoms. The van der Waals surface area contributed by atoms with Crippen LogP contribution in [0.2, 0.25) is 0 Å². The minimum absolute atomic E-state index is 1.43. The quantitative estimate of drug-likeness (QED) is 0.414. The summed E-state index contributed by atoms with van der Waals surface area (Å²) in [6, 6.07) is 0. The Labute approximate surface area is 35.5 Å². The van der Waals surface area contributed by atoms with Gasteiger partial charge in [-0.15, -0.1) is 0 Å². The minimum Gasteiger partial charge on any atom is -0.449 e. The molecule has 1 heterocycles. The van der Waals surface area contributed by atoms with Crippen molar-refractivity contribution in [2.24, 2.45) is 4.99 Å². The van der Waals surface area contributed by atoms with Crippen molar-refractivity contribution in [3.8, 4) is 0 Å². The minimum atomic E-state index is 1.43. The fraction of sp³-hybridized carbons (Fsp3) is 0. The Morgan fingerprint density at radius 3 is 2.83 bits per heavy atom. The first-order valence-electron chi connectivity index (χ1n) is 1.50. The molecule has 0 bridgehead atoms. The van der Waals surface area contributed by atoms with E-state index in [0.29, 0.717) is 0 Å². The lowest BCUT2D eigenvalue weighted by Gasteiger charge is -1.82. The van der Waals surface area contributed by atoms with Crippen LogP contribution in [-0.4, -0.2) is 5.87 Å². The first kappa shape index (κ1) is 3.19. The second kappa shape index (κ2) is 1.43. The largest absolute Gasteiger partial charge is 0.449 e. The molecule has 29 valence electrons. The lowest BCUT2D eigenvalue weighted by atomic mass is 10.9. The van der Waals surface area contributed by atoms with Gasteiger partial charge in [0.25, 0.3) is 0 Å². The predicted octanol–water partition coefficient (Wildman–Crippen LogP) is 0.474. The molecular weight excluding hydrogens is 78.0 g/mol. The van der Waals surface area contributed by atoms with Gasteiger partial charge in [0.05, 0.1) is 6.20 Å². The van der Waals surface area contributed by atoms with E-state index in [9.17, 15) is 0 Å². The highest BCUT2D eigenvalue weighted by atomic mass is 16.5. The van der Waals surface area contributed by atoms with Crippen LogP contribution in [-0.2, 0) is 4.74 Å². The van der Waals surface area contributed by atoms with E-state index in [-0.39, 0.29) is 0 Å². The van der Waals surface area contributed by atoms with Gasteiger partial charge >= 0.3 is 0 Å². The maximum Gasteiger partial charge on any atom is 0.240 e. The van der Waals surface area contributed by atoms with Crippen LogP contribution in [0.25, 0.3) is 0 Å². The highest BCUT2D eigenvalue weighted by Gasteiger charge is 1.70. The Hall–Kier alpha value is -1.01. The molecule has 0 unspecified atom stereocenters. The Morgan fingerprint density at radius 2 is 2.67 bits per heavy atom. The van der Waals surface area contributed by atoms with E-state index in [4.69, 9.17) is 0 Å². The lowest BCUT2D eigenvalue weighted by molar-refractivity contribution is 0.378. The second-order valence-corrected chi connectivity index (χ2v) is 0.746. The summed E-state index contributed by atoms with van der Waals surface area (Å²) in [5, 5.41) is 0. The van der Waals surface area contributed by atoms with Gasteiger partial charge in [-0.3, -0.25) is 0 Å². The Kier molecular flexibility index (Phi) is 0.762. The summed E-state index contributed by atoms with van der Waals surface area (Å²) in [6.07, 6.45) is 5.20. The van der Waals surface area contributed by atoms with Gasteiger partial charge in [0.15, 0.2) is 0 Å². The van der Waals surface area contributed by atoms with E-state index < -0.39 is 0 Å². The molecule has 0 saturated heterocycles. The van der Waals surface area contributed by atoms with Gasteiger partial charge in [-0.1, -0.05) is 0 Å². The number of hydrogen-bond acceptors (Lipinski definition) is 2. The molecule has 0 saturated carbocycles. The van der Waals surface area contributed by atoms with Crippen LogP contribution in [0.1, 0.15) is 0 Å². The summed E-state index contributed by atoms with van der Waals surface area (Å²) in [7, 11) is 0. The molecule has 0 aromatic heterocycles. The molecule has 0 aromatic carbocycles. The Bertz CT molecular complexity index is 120. The summed E-state index contributed by atoms with van der Waals surface area (Å²) in [4.78, 5) is 3.51. The average Bonchev–Trinajstić information content (AvgIpc) is 1.72. The van der Waals surface area contributed by atoms with Crippen molar-refractivity contribution in [1.82, 2.24) is 0 Å². The molecule has 1 radical (unpaired) electrons. The van der Waals surface area contributed by atoms with Crippen LogP contribution < -0.4 is 0 Å². The highest BCUT2D eigenvalue weighted by molar-refractivity contribution is 5.48. The molecule has 0 atom stereocenters. The fourth-order valence-corrected chi connectivity index (χ4v) is 0.185. The van der Waals surface area contributed by atoms with Crippen molar-refractivity contribution >= 4 is 5.87 Å². The maximum absolute atomic E-state index is 4.43. The van der Waals surface area contributed by atoms with Crippen LogP contribution in [0, 0.1) is 6.26 Å². The van der Waals surface area contributed by atoms with E-state index >= 15 is 0 Å². The summed E-state index contributed by atoms with van der Waals surface area (Å²) in [5.41, 5.74) is 0. The van der Waals surface area contributed by atoms with Crippen LogP contribution in [0.3, 0.4) is 0 Å². The van der Waals surface area contributed by atoms with Crippen LogP contribution >= 0.6 is 0 Å². The number of aliphatic imine (C=N–C) groups is 1. The van der Waals surface area contributed by atoms with Crippen molar-refractivity contribution in [3.05, 3.63) is 18.7 Å². The second-order valence-electron chi connectivity index (χ2n) is 0.746. The number of ether oxygens (including phenoxy) is 1. The zero-order chi connectivity index (χ0) is 4.24. The molecule has 0 fully saturated rings. The predicted molar refractivity (Wildman–Crippen MR) is 20.9 cm³/mol. The summed E-state index contributed by atoms with van der Waals surface area (Å²) < 4.78 is 4.43. The molecule has 0 aromatic rings. The third-order valence-electron chi connectivity index (χ3n) is 0.373. The highest BCUT2D eigenvalue weighted by Crippen LogP contribution is 1.79. The average molecular weight is 80.1 g/mol. The molecule has 1 aliphatic rings. The third-order valence-corrected chi connectivity index (χ3v) is 0.373. The SMILES string of the molecule is [C]1=C=NC=CO1. The summed E-state index contributed by atoms with van der Waals surface area (Å²) in [5.74, 6) is 2.35. The van der Waals surface area contributed by atoms with Crippen LogP contribution in [0.4, 0.5) is 0 Å². The van der Waals surface area contributed by atoms with Crippen molar-refractivity contribution in [1.29, 1.82) is 0 Å². The van der Waals surface area contributed by atoms with Gasteiger partial charge < -0.3 is 4.74 Å². The molecule has 2 heteroatoms. The molecule has 6 heavy (non-hydrogen) atoms. The van der Waals surface area contributed by atoms with Gasteiger partial charge in [0, 0.05) is 5.87 Å². The maximum atomic E-state index is 4.43. The molecular formula is C4H2NO. The van der Waals surface area contributed by atoms with E-state index in [1.54, 1.807) is 0 Å². The molecule has 0 N–H and O–H groups in total. The van der Waals surface area contributed by atoms with E-state index in [1.165, 1.54) is 12.5 Å². The van der Waals surface area contributed by atoms with E-state index in [1.807, 2.05) is 0 Å². The first-order valence-corrected chi connectivity index (χ1v) is 1.50. The third kappa shape index (κ3) is 0.476. The van der Waals surface area contributed by atoms with Crippen molar-refractivity contribution < 1.29 is 4.74 Å². The van der Waals surface area contributed by atoms with Crippen LogP contribution in [0.5, 0.6) is 0 Å². The van der Waals surface area contributed by atoms with Crippen molar-refractivity contribution in [3.63, 3.8) is 0 Å². The van der Waals surface area contributed by atoms with Crippen molar-refractivity contribution in [2.45, 2.75) is 0 Å². The summed E-state index contributed by atoms with van der Waals surface area (Å²) >= 11 is 0. The van der Waals surface area contributed by atoms with E-state index in [2.05, 4.69) is 21.9 Å². The fourth-order valence-electron chi connectivity index (χ4n) is 0.185. The molecule has 2 nitrogen and oxygen atoms in total. The Morgan fingerprint density at radius 1 is 1.67 bits per heavy atom.